The van der Waals surface area contributed by atoms with Crippen LogP contribution in [0.3, 0.4) is 0 Å². The fraction of sp³-hybridized carbons (Fsp3) is 0.412. The number of methoxy groups -OCH3 is 1. The zero-order chi connectivity index (χ0) is 19.1. The molecule has 1 heterocycles. The number of likely N-dealkylation sites (tertiary alicyclic amines) is 1. The number of carbonyl (C=O) groups is 4. The lowest BCUT2D eigenvalue weighted by Gasteiger charge is -2.15. The molecule has 0 aliphatic carbocycles. The summed E-state index contributed by atoms with van der Waals surface area (Å²) in [6.07, 6.45) is 0.158. The molecule has 9 heteroatoms. The van der Waals surface area contributed by atoms with Gasteiger partial charge in [0.25, 0.3) is 5.91 Å². The molecule has 1 aliphatic rings. The molecule has 0 bridgehead atoms. The summed E-state index contributed by atoms with van der Waals surface area (Å²) >= 11 is 0. The number of rotatable bonds is 8. The third-order valence-corrected chi connectivity index (χ3v) is 3.97. The average Bonchev–Trinajstić information content (AvgIpc) is 2.99. The van der Waals surface area contributed by atoms with Crippen LogP contribution in [-0.4, -0.2) is 67.0 Å². The van der Waals surface area contributed by atoms with Crippen molar-refractivity contribution in [2.75, 3.05) is 38.7 Å². The van der Waals surface area contributed by atoms with E-state index < -0.39 is 24.3 Å². The number of carboxylic acids is 1. The number of carbonyl (C=O) groups excluding carboxylic acids is 3. The lowest BCUT2D eigenvalue weighted by atomic mass is 10.1. The Balaban J connectivity index is 1.88. The molecular weight excluding hydrogens is 342 g/mol. The minimum absolute atomic E-state index is 0.0763. The Morgan fingerprint density at radius 1 is 1.27 bits per heavy atom. The van der Waals surface area contributed by atoms with Crippen LogP contribution in [0.25, 0.3) is 0 Å². The lowest BCUT2D eigenvalue weighted by molar-refractivity contribution is -0.135. The fourth-order valence-electron chi connectivity index (χ4n) is 2.57. The molecule has 0 saturated carbocycles. The van der Waals surface area contributed by atoms with Crippen LogP contribution in [0.5, 0.6) is 0 Å². The number of carboxylic acid groups (broad SMARTS) is 1. The Morgan fingerprint density at radius 2 is 1.96 bits per heavy atom. The molecule has 1 fully saturated rings. The van der Waals surface area contributed by atoms with Crippen molar-refractivity contribution < 1.29 is 29.0 Å². The quantitative estimate of drug-likeness (QED) is 0.594. The van der Waals surface area contributed by atoms with E-state index in [-0.39, 0.29) is 23.8 Å². The largest absolute Gasteiger partial charge is 0.480 e. The highest BCUT2D eigenvalue weighted by molar-refractivity contribution is 5.99. The molecule has 3 N–H and O–H groups in total. The second kappa shape index (κ2) is 8.95. The van der Waals surface area contributed by atoms with Crippen LogP contribution in [0, 0.1) is 5.92 Å². The summed E-state index contributed by atoms with van der Waals surface area (Å²) in [5, 5.41) is 13.5. The molecule has 1 unspecified atom stereocenters. The summed E-state index contributed by atoms with van der Waals surface area (Å²) in [7, 11) is 1.55. The minimum atomic E-state index is -1.13. The first-order valence-electron chi connectivity index (χ1n) is 8.08. The Morgan fingerprint density at radius 3 is 2.58 bits per heavy atom. The van der Waals surface area contributed by atoms with E-state index in [1.54, 1.807) is 24.1 Å². The van der Waals surface area contributed by atoms with E-state index in [4.69, 9.17) is 9.84 Å². The first-order valence-corrected chi connectivity index (χ1v) is 8.08. The second-order valence-electron chi connectivity index (χ2n) is 5.88. The molecule has 26 heavy (non-hydrogen) atoms. The van der Waals surface area contributed by atoms with E-state index in [0.29, 0.717) is 25.4 Å². The van der Waals surface area contributed by atoms with E-state index in [1.807, 2.05) is 0 Å². The highest BCUT2D eigenvalue weighted by atomic mass is 16.5. The molecule has 3 amide bonds. The third kappa shape index (κ3) is 5.28. The minimum Gasteiger partial charge on any atom is -0.480 e. The van der Waals surface area contributed by atoms with Gasteiger partial charge in [0.05, 0.1) is 12.5 Å². The van der Waals surface area contributed by atoms with Crippen molar-refractivity contribution in [1.29, 1.82) is 0 Å². The topological polar surface area (TPSA) is 125 Å². The van der Waals surface area contributed by atoms with Gasteiger partial charge in [0.1, 0.15) is 6.54 Å². The monoisotopic (exact) mass is 363 g/mol. The van der Waals surface area contributed by atoms with Crippen LogP contribution < -0.4 is 10.6 Å². The average molecular weight is 363 g/mol. The number of ether oxygens (including phenoxy) is 1. The van der Waals surface area contributed by atoms with Gasteiger partial charge in [0.2, 0.25) is 11.8 Å². The standard InChI is InChI=1S/C17H21N3O6/c1-26-7-6-20-10-12(8-14(20)21)17(25)19-13-4-2-11(3-5-13)16(24)18-9-15(22)23/h2-5,12H,6-10H2,1H3,(H,18,24)(H,19,25)(H,22,23). The number of aliphatic carboxylic acids is 1. The Labute approximate surface area is 150 Å². The first-order chi connectivity index (χ1) is 12.4. The van der Waals surface area contributed by atoms with Gasteiger partial charge in [0.15, 0.2) is 0 Å². The molecule has 1 saturated heterocycles. The van der Waals surface area contributed by atoms with Crippen molar-refractivity contribution in [3.8, 4) is 0 Å². The van der Waals surface area contributed by atoms with E-state index in [2.05, 4.69) is 10.6 Å². The lowest BCUT2D eigenvalue weighted by Crippen LogP contribution is -2.31. The number of hydrogen-bond acceptors (Lipinski definition) is 5. The van der Waals surface area contributed by atoms with Crippen LogP contribution >= 0.6 is 0 Å². The van der Waals surface area contributed by atoms with Gasteiger partial charge in [-0.25, -0.2) is 0 Å². The van der Waals surface area contributed by atoms with Crippen molar-refractivity contribution >= 4 is 29.4 Å². The van der Waals surface area contributed by atoms with Gasteiger partial charge in [-0.3, -0.25) is 19.2 Å². The number of benzene rings is 1. The second-order valence-corrected chi connectivity index (χ2v) is 5.88. The Hall–Kier alpha value is -2.94. The maximum absolute atomic E-state index is 12.3. The molecular formula is C17H21N3O6. The number of nitrogens with zero attached hydrogens (tertiary/aromatic N) is 1. The molecule has 1 aromatic rings. The van der Waals surface area contributed by atoms with E-state index in [1.165, 1.54) is 12.1 Å². The van der Waals surface area contributed by atoms with E-state index in [9.17, 15) is 19.2 Å². The maximum Gasteiger partial charge on any atom is 0.322 e. The SMILES string of the molecule is COCCN1CC(C(=O)Nc2ccc(C(=O)NCC(=O)O)cc2)CC1=O. The van der Waals surface area contributed by atoms with E-state index >= 15 is 0 Å². The van der Waals surface area contributed by atoms with Crippen molar-refractivity contribution in [3.63, 3.8) is 0 Å². The van der Waals surface area contributed by atoms with Crippen molar-refractivity contribution in [2.24, 2.45) is 5.92 Å². The van der Waals surface area contributed by atoms with Crippen LogP contribution in [0.1, 0.15) is 16.8 Å². The molecule has 0 aromatic heterocycles. The Kier molecular flexibility index (Phi) is 6.67. The molecule has 1 aliphatic heterocycles. The molecule has 9 nitrogen and oxygen atoms in total. The van der Waals surface area contributed by atoms with Crippen LogP contribution in [0.2, 0.25) is 0 Å². The highest BCUT2D eigenvalue weighted by Crippen LogP contribution is 2.20. The van der Waals surface area contributed by atoms with Gasteiger partial charge in [-0.05, 0) is 24.3 Å². The van der Waals surface area contributed by atoms with Crippen molar-refractivity contribution in [3.05, 3.63) is 29.8 Å². The summed E-state index contributed by atoms with van der Waals surface area (Å²) in [6.45, 7) is 0.765. The van der Waals surface area contributed by atoms with Gasteiger partial charge >= 0.3 is 5.97 Å². The van der Waals surface area contributed by atoms with Gasteiger partial charge in [-0.1, -0.05) is 0 Å². The van der Waals surface area contributed by atoms with Gasteiger partial charge in [-0.2, -0.15) is 0 Å². The molecule has 140 valence electrons. The third-order valence-electron chi connectivity index (χ3n) is 3.97. The van der Waals surface area contributed by atoms with Crippen LogP contribution in [-0.2, 0) is 19.1 Å². The highest BCUT2D eigenvalue weighted by Gasteiger charge is 2.33. The predicted octanol–water partition coefficient (Wildman–Crippen LogP) is -0.0656. The smallest absolute Gasteiger partial charge is 0.322 e. The predicted molar refractivity (Wildman–Crippen MR) is 91.6 cm³/mol. The van der Waals surface area contributed by atoms with Gasteiger partial charge in [-0.15, -0.1) is 0 Å². The fourth-order valence-corrected chi connectivity index (χ4v) is 2.57. The molecule has 2 rings (SSSR count). The summed E-state index contributed by atoms with van der Waals surface area (Å²) in [5.41, 5.74) is 0.776. The molecule has 0 radical (unpaired) electrons. The zero-order valence-corrected chi connectivity index (χ0v) is 14.4. The summed E-state index contributed by atoms with van der Waals surface area (Å²) < 4.78 is 4.94. The van der Waals surface area contributed by atoms with Gasteiger partial charge in [0, 0.05) is 37.9 Å². The van der Waals surface area contributed by atoms with Crippen LogP contribution in [0.4, 0.5) is 5.69 Å². The van der Waals surface area contributed by atoms with Crippen LogP contribution in [0.15, 0.2) is 24.3 Å². The zero-order valence-electron chi connectivity index (χ0n) is 14.4. The van der Waals surface area contributed by atoms with E-state index in [0.717, 1.165) is 0 Å². The Bertz CT molecular complexity index is 688. The number of hydrogen-bond donors (Lipinski definition) is 3. The number of anilines is 1. The van der Waals surface area contributed by atoms with Crippen molar-refractivity contribution in [1.82, 2.24) is 10.2 Å². The summed E-state index contributed by atoms with van der Waals surface area (Å²) in [5.74, 6) is -2.42. The number of amides is 3. The molecule has 1 aromatic carbocycles. The first kappa shape index (κ1) is 19.4. The normalized spacial score (nSPS) is 16.4. The molecule has 0 spiro atoms. The summed E-state index contributed by atoms with van der Waals surface area (Å²) in [6, 6.07) is 6.06. The van der Waals surface area contributed by atoms with Crippen molar-refractivity contribution in [2.45, 2.75) is 6.42 Å². The summed E-state index contributed by atoms with van der Waals surface area (Å²) in [4.78, 5) is 48.0. The number of nitrogens with one attached hydrogen (secondary N) is 2. The van der Waals surface area contributed by atoms with Gasteiger partial charge < -0.3 is 25.4 Å². The maximum atomic E-state index is 12.3. The molecule has 1 atom stereocenters.